The van der Waals surface area contributed by atoms with Crippen molar-refractivity contribution in [3.8, 4) is 0 Å². The van der Waals surface area contributed by atoms with Crippen molar-refractivity contribution in [1.29, 1.82) is 0 Å². The van der Waals surface area contributed by atoms with Crippen LogP contribution in [0.2, 0.25) is 0 Å². The van der Waals surface area contributed by atoms with Gasteiger partial charge >= 0.3 is 5.69 Å². The molecule has 1 aliphatic rings. The van der Waals surface area contributed by atoms with Crippen molar-refractivity contribution in [2.45, 2.75) is 43.9 Å². The van der Waals surface area contributed by atoms with Gasteiger partial charge in [-0.25, -0.2) is 9.18 Å². The van der Waals surface area contributed by atoms with Crippen LogP contribution < -0.4 is 11.2 Å². The van der Waals surface area contributed by atoms with E-state index >= 15 is 0 Å². The molecule has 0 radical (unpaired) electrons. The van der Waals surface area contributed by atoms with E-state index in [2.05, 4.69) is 34.2 Å². The third-order valence-corrected chi connectivity index (χ3v) is 5.81. The Balaban J connectivity index is 1.60. The highest BCUT2D eigenvalue weighted by molar-refractivity contribution is 5.30. The number of hydrogen-bond donors (Lipinski definition) is 2. The molecule has 0 unspecified atom stereocenters. The molecule has 28 heavy (non-hydrogen) atoms. The maximum absolute atomic E-state index is 14.1. The van der Waals surface area contributed by atoms with Gasteiger partial charge in [0.05, 0.1) is 0 Å². The molecule has 0 bridgehead atoms. The van der Waals surface area contributed by atoms with Gasteiger partial charge in [-0.05, 0) is 54.7 Å². The Labute approximate surface area is 162 Å². The standard InChI is InChI=1S/C23H23FN2O2/c24-20-9-5-4-8-18(20)14-19-21(25-23(28)26-22(19)27)17-12-10-16(11-13-17)15-6-2-1-3-7-15/h1-9,16-17H,10-14H2,(H2,25,26,27,28)/t16-,17-. The predicted octanol–water partition coefficient (Wildman–Crippen LogP) is 4.23. The molecule has 1 saturated carbocycles. The third-order valence-electron chi connectivity index (χ3n) is 5.81. The number of H-pyrrole nitrogens is 2. The summed E-state index contributed by atoms with van der Waals surface area (Å²) >= 11 is 0. The molecule has 144 valence electrons. The fourth-order valence-corrected chi connectivity index (χ4v) is 4.33. The monoisotopic (exact) mass is 378 g/mol. The minimum Gasteiger partial charge on any atom is -0.311 e. The molecule has 0 atom stereocenters. The lowest BCUT2D eigenvalue weighted by molar-refractivity contribution is 0.388. The van der Waals surface area contributed by atoms with Gasteiger partial charge in [-0.1, -0.05) is 48.5 Å². The molecule has 1 heterocycles. The smallest absolute Gasteiger partial charge is 0.311 e. The molecule has 1 fully saturated rings. The van der Waals surface area contributed by atoms with Crippen molar-refractivity contribution in [2.24, 2.45) is 0 Å². The van der Waals surface area contributed by atoms with Crippen molar-refractivity contribution >= 4 is 0 Å². The van der Waals surface area contributed by atoms with E-state index in [4.69, 9.17) is 0 Å². The van der Waals surface area contributed by atoms with Gasteiger partial charge in [0.25, 0.3) is 5.56 Å². The number of aromatic nitrogens is 2. The summed E-state index contributed by atoms with van der Waals surface area (Å²) in [5, 5.41) is 0. The fraction of sp³-hybridized carbons (Fsp3) is 0.304. The highest BCUT2D eigenvalue weighted by Crippen LogP contribution is 2.40. The number of halogens is 1. The van der Waals surface area contributed by atoms with Crippen LogP contribution in [0.4, 0.5) is 4.39 Å². The molecule has 2 aromatic carbocycles. The summed E-state index contributed by atoms with van der Waals surface area (Å²) in [4.78, 5) is 29.6. The first-order valence-electron chi connectivity index (χ1n) is 9.75. The summed E-state index contributed by atoms with van der Waals surface area (Å²) in [5.41, 5.74) is 2.01. The Morgan fingerprint density at radius 3 is 2.18 bits per heavy atom. The molecule has 5 heteroatoms. The van der Waals surface area contributed by atoms with Crippen molar-refractivity contribution in [3.05, 3.63) is 104 Å². The van der Waals surface area contributed by atoms with Gasteiger partial charge < -0.3 is 4.98 Å². The minimum absolute atomic E-state index is 0.108. The molecular weight excluding hydrogens is 355 g/mol. The van der Waals surface area contributed by atoms with E-state index in [0.29, 0.717) is 22.7 Å². The van der Waals surface area contributed by atoms with Crippen LogP contribution in [0.3, 0.4) is 0 Å². The first-order chi connectivity index (χ1) is 13.6. The summed E-state index contributed by atoms with van der Waals surface area (Å²) in [6.45, 7) is 0. The predicted molar refractivity (Wildman–Crippen MR) is 107 cm³/mol. The van der Waals surface area contributed by atoms with Crippen LogP contribution in [0.15, 0.2) is 64.2 Å². The lowest BCUT2D eigenvalue weighted by Gasteiger charge is -2.29. The van der Waals surface area contributed by atoms with Crippen LogP contribution in [0.5, 0.6) is 0 Å². The quantitative estimate of drug-likeness (QED) is 0.713. The Kier molecular flexibility index (Phi) is 5.24. The lowest BCUT2D eigenvalue weighted by atomic mass is 9.76. The minimum atomic E-state index is -0.498. The van der Waals surface area contributed by atoms with Crippen molar-refractivity contribution in [1.82, 2.24) is 9.97 Å². The molecule has 0 spiro atoms. The largest absolute Gasteiger partial charge is 0.325 e. The van der Waals surface area contributed by atoms with Gasteiger partial charge in [0.15, 0.2) is 0 Å². The van der Waals surface area contributed by atoms with E-state index in [1.807, 2.05) is 6.07 Å². The Bertz CT molecular complexity index is 1060. The van der Waals surface area contributed by atoms with E-state index in [9.17, 15) is 14.0 Å². The van der Waals surface area contributed by atoms with E-state index in [1.165, 1.54) is 11.6 Å². The SMILES string of the molecule is O=c1[nH]c(=O)c(Cc2ccccc2F)c([C@H]2CC[C@H](c3ccccc3)CC2)[nH]1. The van der Waals surface area contributed by atoms with E-state index in [1.54, 1.807) is 18.2 Å². The van der Waals surface area contributed by atoms with Crippen LogP contribution in [-0.4, -0.2) is 9.97 Å². The van der Waals surface area contributed by atoms with Gasteiger partial charge in [-0.2, -0.15) is 0 Å². The summed E-state index contributed by atoms with van der Waals surface area (Å²) in [5.74, 6) is 0.268. The summed E-state index contributed by atoms with van der Waals surface area (Å²) in [7, 11) is 0. The third kappa shape index (κ3) is 3.84. The average Bonchev–Trinajstić information content (AvgIpc) is 2.72. The summed E-state index contributed by atoms with van der Waals surface area (Å²) in [6, 6.07) is 16.9. The van der Waals surface area contributed by atoms with Gasteiger partial charge in [0.2, 0.25) is 0 Å². The number of benzene rings is 2. The molecule has 3 aromatic rings. The zero-order chi connectivity index (χ0) is 19.5. The maximum Gasteiger partial charge on any atom is 0.325 e. The number of nitrogens with one attached hydrogen (secondary N) is 2. The van der Waals surface area contributed by atoms with Crippen LogP contribution in [0.25, 0.3) is 0 Å². The first kappa shape index (κ1) is 18.4. The average molecular weight is 378 g/mol. The second kappa shape index (κ2) is 7.97. The maximum atomic E-state index is 14.1. The number of hydrogen-bond acceptors (Lipinski definition) is 2. The summed E-state index contributed by atoms with van der Waals surface area (Å²) in [6.07, 6.45) is 3.96. The van der Waals surface area contributed by atoms with Crippen LogP contribution in [-0.2, 0) is 6.42 Å². The van der Waals surface area contributed by atoms with E-state index in [-0.39, 0.29) is 18.2 Å². The lowest BCUT2D eigenvalue weighted by Crippen LogP contribution is -2.30. The van der Waals surface area contributed by atoms with Gasteiger partial charge in [-0.15, -0.1) is 0 Å². The molecular formula is C23H23FN2O2. The van der Waals surface area contributed by atoms with Crippen molar-refractivity contribution < 1.29 is 4.39 Å². The highest BCUT2D eigenvalue weighted by atomic mass is 19.1. The van der Waals surface area contributed by atoms with Crippen LogP contribution in [0.1, 0.15) is 59.9 Å². The second-order valence-corrected chi connectivity index (χ2v) is 7.53. The Morgan fingerprint density at radius 2 is 1.46 bits per heavy atom. The molecule has 1 aromatic heterocycles. The number of aromatic amines is 2. The molecule has 2 N–H and O–H groups in total. The molecule has 0 aliphatic heterocycles. The zero-order valence-corrected chi connectivity index (χ0v) is 15.6. The fourth-order valence-electron chi connectivity index (χ4n) is 4.33. The molecule has 4 nitrogen and oxygen atoms in total. The zero-order valence-electron chi connectivity index (χ0n) is 15.6. The molecule has 0 amide bonds. The second-order valence-electron chi connectivity index (χ2n) is 7.53. The van der Waals surface area contributed by atoms with E-state index in [0.717, 1.165) is 25.7 Å². The highest BCUT2D eigenvalue weighted by Gasteiger charge is 2.27. The Hall–Kier alpha value is -2.95. The topological polar surface area (TPSA) is 65.7 Å². The normalized spacial score (nSPS) is 19.5. The summed E-state index contributed by atoms with van der Waals surface area (Å²) < 4.78 is 14.1. The molecule has 0 saturated heterocycles. The van der Waals surface area contributed by atoms with Gasteiger partial charge in [-0.3, -0.25) is 9.78 Å². The number of rotatable bonds is 4. The van der Waals surface area contributed by atoms with Crippen molar-refractivity contribution in [3.63, 3.8) is 0 Å². The molecule has 1 aliphatic carbocycles. The molecule has 4 rings (SSSR count). The first-order valence-corrected chi connectivity index (χ1v) is 9.75. The van der Waals surface area contributed by atoms with E-state index < -0.39 is 11.2 Å². The van der Waals surface area contributed by atoms with Crippen LogP contribution >= 0.6 is 0 Å². The van der Waals surface area contributed by atoms with Gasteiger partial charge in [0, 0.05) is 17.7 Å². The Morgan fingerprint density at radius 1 is 0.821 bits per heavy atom. The van der Waals surface area contributed by atoms with Crippen molar-refractivity contribution in [2.75, 3.05) is 0 Å². The van der Waals surface area contributed by atoms with Crippen LogP contribution in [0, 0.1) is 5.82 Å². The van der Waals surface area contributed by atoms with Gasteiger partial charge in [0.1, 0.15) is 5.82 Å².